The number of nitrogens with zero attached hydrogens (tertiary/aromatic N) is 3. The fourth-order valence-electron chi connectivity index (χ4n) is 4.99. The van der Waals surface area contributed by atoms with E-state index in [0.29, 0.717) is 17.0 Å². The van der Waals surface area contributed by atoms with Crippen LogP contribution in [0.1, 0.15) is 30.3 Å². The number of benzene rings is 1. The Morgan fingerprint density at radius 2 is 1.95 bits per heavy atom. The van der Waals surface area contributed by atoms with Crippen LogP contribution in [-0.4, -0.2) is 59.4 Å². The Labute approximate surface area is 225 Å². The molecule has 10 nitrogen and oxygen atoms in total. The summed E-state index contributed by atoms with van der Waals surface area (Å²) in [6.07, 6.45) is -3.11. The first kappa shape index (κ1) is 27.4. The molecule has 1 aromatic carbocycles. The number of thiazole rings is 1. The van der Waals surface area contributed by atoms with Crippen LogP contribution < -0.4 is 10.5 Å². The molecule has 1 saturated carbocycles. The summed E-state index contributed by atoms with van der Waals surface area (Å²) in [6, 6.07) is 4.57. The summed E-state index contributed by atoms with van der Waals surface area (Å²) in [6.45, 7) is 4.89. The lowest BCUT2D eigenvalue weighted by molar-refractivity contribution is -0.216. The van der Waals surface area contributed by atoms with Gasteiger partial charge in [-0.15, -0.1) is 11.3 Å². The molecule has 208 valence electrons. The number of nitrogen functional groups attached to an aromatic ring is 1. The zero-order chi connectivity index (χ0) is 28.4. The zero-order valence-corrected chi connectivity index (χ0v) is 22.6. The van der Waals surface area contributed by atoms with Crippen molar-refractivity contribution in [2.45, 2.75) is 61.9 Å². The fraction of sp³-hybridized carbons (Fsp3) is 0.417. The number of nitrogens with one attached hydrogen (secondary N) is 1. The second kappa shape index (κ2) is 9.21. The highest BCUT2D eigenvalue weighted by molar-refractivity contribution is 7.89. The van der Waals surface area contributed by atoms with E-state index in [-0.39, 0.29) is 30.2 Å². The molecule has 0 spiro atoms. The summed E-state index contributed by atoms with van der Waals surface area (Å²) < 4.78 is 77.4. The van der Waals surface area contributed by atoms with Gasteiger partial charge in [-0.05, 0) is 38.5 Å². The van der Waals surface area contributed by atoms with E-state index in [1.165, 1.54) is 36.6 Å². The Kier molecular flexibility index (Phi) is 6.48. The Morgan fingerprint density at radius 3 is 2.59 bits per heavy atom. The molecule has 1 aliphatic carbocycles. The molecule has 3 aromatic rings. The van der Waals surface area contributed by atoms with Crippen molar-refractivity contribution < 1.29 is 35.9 Å². The van der Waals surface area contributed by atoms with Crippen LogP contribution in [0.25, 0.3) is 21.8 Å². The molecule has 6 rings (SSSR count). The van der Waals surface area contributed by atoms with Crippen LogP contribution in [0.2, 0.25) is 0 Å². The average Bonchev–Trinajstić information content (AvgIpc) is 3.52. The maximum absolute atomic E-state index is 13.4. The number of fused-ring (bicyclic) bond motifs is 1. The summed E-state index contributed by atoms with van der Waals surface area (Å²) >= 11 is 1.40. The molecule has 3 aliphatic rings. The Morgan fingerprint density at radius 1 is 1.23 bits per heavy atom. The second-order valence-electron chi connectivity index (χ2n) is 9.85. The summed E-state index contributed by atoms with van der Waals surface area (Å²) in [4.78, 5) is 25.0. The predicted molar refractivity (Wildman–Crippen MR) is 135 cm³/mol. The zero-order valence-electron chi connectivity index (χ0n) is 21.0. The van der Waals surface area contributed by atoms with Crippen LogP contribution in [0.3, 0.4) is 0 Å². The highest BCUT2D eigenvalue weighted by Gasteiger charge is 2.67. The smallest absolute Gasteiger partial charge is 0.453 e. The van der Waals surface area contributed by atoms with E-state index in [4.69, 9.17) is 10.5 Å². The standard InChI is InChI=1S/C24H24F3N5O5S2/c1-12-4-5-15(6-16(12)17-7-30-20(28)19(31-17)18-8-29-14(3)38-18)39(34,35)32-22-9-23(10-22,36-11-22)13(2)37-21(33)24(25,26)27/h4-8,13,32H,9-11H2,1-3H3,(H2,28,30). The van der Waals surface area contributed by atoms with Gasteiger partial charge in [0.25, 0.3) is 0 Å². The average molecular weight is 584 g/mol. The number of hydrogen-bond donors (Lipinski definition) is 2. The number of anilines is 1. The van der Waals surface area contributed by atoms with Gasteiger partial charge in [-0.1, -0.05) is 6.07 Å². The van der Waals surface area contributed by atoms with Crippen molar-refractivity contribution >= 4 is 33.1 Å². The molecule has 39 heavy (non-hydrogen) atoms. The van der Waals surface area contributed by atoms with Crippen molar-refractivity contribution in [1.82, 2.24) is 19.7 Å². The minimum Gasteiger partial charge on any atom is -0.453 e. The number of alkyl halides is 3. The molecule has 0 radical (unpaired) electrons. The van der Waals surface area contributed by atoms with Crippen LogP contribution in [0.4, 0.5) is 19.0 Å². The highest BCUT2D eigenvalue weighted by atomic mass is 32.2. The fourth-order valence-corrected chi connectivity index (χ4v) is 7.18. The summed E-state index contributed by atoms with van der Waals surface area (Å²) in [5.74, 6) is -2.10. The van der Waals surface area contributed by atoms with Crippen LogP contribution in [-0.2, 0) is 24.3 Å². The topological polar surface area (TPSA) is 146 Å². The van der Waals surface area contributed by atoms with Gasteiger partial charge in [-0.2, -0.15) is 13.2 Å². The monoisotopic (exact) mass is 583 g/mol. The van der Waals surface area contributed by atoms with Gasteiger partial charge in [0.2, 0.25) is 10.0 Å². The van der Waals surface area contributed by atoms with Crippen LogP contribution in [0, 0.1) is 13.8 Å². The summed E-state index contributed by atoms with van der Waals surface area (Å²) in [5, 5.41) is 0.829. The van der Waals surface area contributed by atoms with Gasteiger partial charge in [0.15, 0.2) is 5.82 Å². The quantitative estimate of drug-likeness (QED) is 0.399. The molecular formula is C24H24F3N5O5S2. The van der Waals surface area contributed by atoms with Crippen molar-refractivity contribution in [2.75, 3.05) is 12.3 Å². The van der Waals surface area contributed by atoms with Crippen molar-refractivity contribution in [3.05, 3.63) is 41.2 Å². The number of carbonyl (C=O) groups is 1. The number of ether oxygens (including phenoxy) is 2. The lowest BCUT2D eigenvalue weighted by Gasteiger charge is -2.46. The van der Waals surface area contributed by atoms with Crippen molar-refractivity contribution in [3.8, 4) is 21.8 Å². The van der Waals surface area contributed by atoms with E-state index in [1.54, 1.807) is 19.2 Å². The number of carbonyl (C=O) groups excluding carboxylic acids is 1. The third-order valence-electron chi connectivity index (χ3n) is 6.97. The van der Waals surface area contributed by atoms with Gasteiger partial charge in [0.05, 0.1) is 38.8 Å². The first-order chi connectivity index (χ1) is 18.1. The van der Waals surface area contributed by atoms with E-state index in [2.05, 4.69) is 24.4 Å². The van der Waals surface area contributed by atoms with Crippen LogP contribution >= 0.6 is 11.3 Å². The minimum absolute atomic E-state index is 0.0350. The molecule has 1 unspecified atom stereocenters. The van der Waals surface area contributed by atoms with Gasteiger partial charge in [0.1, 0.15) is 17.4 Å². The molecule has 2 bridgehead atoms. The number of hydrogen-bond acceptors (Lipinski definition) is 10. The van der Waals surface area contributed by atoms with E-state index in [9.17, 15) is 26.4 Å². The number of nitrogens with two attached hydrogens (primary N) is 1. The second-order valence-corrected chi connectivity index (χ2v) is 12.8. The molecule has 2 aromatic heterocycles. The van der Waals surface area contributed by atoms with Crippen LogP contribution in [0.5, 0.6) is 0 Å². The SMILES string of the molecule is Cc1ncc(-c2nc(-c3cc(S(=O)(=O)NC45COC(C(C)OC(=O)C(F)(F)F)(C4)C5)ccc3C)cnc2N)s1. The van der Waals surface area contributed by atoms with Crippen molar-refractivity contribution in [1.29, 1.82) is 0 Å². The maximum Gasteiger partial charge on any atom is 0.490 e. The first-order valence-corrected chi connectivity index (χ1v) is 14.1. The lowest BCUT2D eigenvalue weighted by Crippen LogP contribution is -2.63. The molecule has 0 amide bonds. The summed E-state index contributed by atoms with van der Waals surface area (Å²) in [7, 11) is -4.08. The predicted octanol–water partition coefficient (Wildman–Crippen LogP) is 3.54. The normalized spacial score (nSPS) is 23.3. The molecule has 3 N–H and O–H groups in total. The number of rotatable bonds is 7. The lowest BCUT2D eigenvalue weighted by atomic mass is 9.66. The van der Waals surface area contributed by atoms with E-state index < -0.39 is 39.4 Å². The Hall–Kier alpha value is -3.14. The number of halogens is 3. The third-order valence-corrected chi connectivity index (χ3v) is 9.46. The Bertz CT molecular complexity index is 1570. The number of aryl methyl sites for hydroxylation is 2. The largest absolute Gasteiger partial charge is 0.490 e. The van der Waals surface area contributed by atoms with Crippen molar-refractivity contribution in [3.63, 3.8) is 0 Å². The molecule has 2 aliphatic heterocycles. The van der Waals surface area contributed by atoms with E-state index in [1.807, 2.05) is 6.92 Å². The number of aromatic nitrogens is 3. The Balaban J connectivity index is 1.36. The first-order valence-electron chi connectivity index (χ1n) is 11.8. The molecule has 15 heteroatoms. The molecule has 4 heterocycles. The van der Waals surface area contributed by atoms with Gasteiger partial charge in [-0.3, -0.25) is 0 Å². The maximum atomic E-state index is 13.4. The van der Waals surface area contributed by atoms with Crippen LogP contribution in [0.15, 0.2) is 35.5 Å². The molecule has 3 fully saturated rings. The molecular weight excluding hydrogens is 559 g/mol. The van der Waals surface area contributed by atoms with Gasteiger partial charge in [0, 0.05) is 24.6 Å². The van der Waals surface area contributed by atoms with Gasteiger partial charge in [-0.25, -0.2) is 32.9 Å². The third kappa shape index (κ3) is 4.99. The highest BCUT2D eigenvalue weighted by Crippen LogP contribution is 2.54. The van der Waals surface area contributed by atoms with E-state index in [0.717, 1.165) is 15.4 Å². The van der Waals surface area contributed by atoms with Gasteiger partial charge >= 0.3 is 12.1 Å². The summed E-state index contributed by atoms with van der Waals surface area (Å²) in [5.41, 5.74) is 5.97. The van der Waals surface area contributed by atoms with Crippen molar-refractivity contribution in [2.24, 2.45) is 0 Å². The number of esters is 1. The van der Waals surface area contributed by atoms with E-state index >= 15 is 0 Å². The number of sulfonamides is 1. The minimum atomic E-state index is -5.13. The molecule has 2 saturated heterocycles. The molecule has 1 atom stereocenters. The van der Waals surface area contributed by atoms with Gasteiger partial charge < -0.3 is 15.2 Å².